The molecule has 6 heteroatoms. The molecule has 1 heterocycles. The van der Waals surface area contributed by atoms with E-state index >= 15 is 0 Å². The van der Waals surface area contributed by atoms with Crippen LogP contribution in [0.5, 0.6) is 0 Å². The Hall–Kier alpha value is -2.99. The smallest absolute Gasteiger partial charge is 0.323 e. The number of carbonyl (C=O) groups is 2. The van der Waals surface area contributed by atoms with E-state index in [0.717, 1.165) is 26.8 Å². The lowest BCUT2D eigenvalue weighted by Crippen LogP contribution is -2.25. The molecule has 5 nitrogen and oxygen atoms in total. The maximum absolute atomic E-state index is 12.7. The Morgan fingerprint density at radius 1 is 1.06 bits per heavy atom. The zero-order valence-electron chi connectivity index (χ0n) is 18.4. The normalized spacial score (nSPS) is 11.0. The number of aryl methyl sites for hydroxylation is 2. The molecule has 0 saturated carbocycles. The molecule has 0 aliphatic carbocycles. The Morgan fingerprint density at radius 2 is 1.71 bits per heavy atom. The maximum atomic E-state index is 12.7. The number of hydrogen-bond donors (Lipinski definition) is 1. The molecule has 0 saturated heterocycles. The number of Topliss-reactive ketones (excluding diaryl/α,β-unsaturated/α-hetero) is 1. The summed E-state index contributed by atoms with van der Waals surface area (Å²) >= 11 is 1.67. The van der Waals surface area contributed by atoms with Gasteiger partial charge in [0.25, 0.3) is 0 Å². The van der Waals surface area contributed by atoms with Crippen molar-refractivity contribution in [3.63, 3.8) is 0 Å². The van der Waals surface area contributed by atoms with Gasteiger partial charge in [-0.05, 0) is 43.5 Å². The van der Waals surface area contributed by atoms with Crippen LogP contribution in [-0.4, -0.2) is 35.4 Å². The fraction of sp³-hybridized carbons (Fsp3) is 0.320. The molecule has 2 aromatic carbocycles. The zero-order valence-corrected chi connectivity index (χ0v) is 19.2. The van der Waals surface area contributed by atoms with Crippen LogP contribution in [0.1, 0.15) is 52.7 Å². The molecule has 31 heavy (non-hydrogen) atoms. The summed E-state index contributed by atoms with van der Waals surface area (Å²) in [6.07, 6.45) is 1.08. The Labute approximate surface area is 187 Å². The van der Waals surface area contributed by atoms with Gasteiger partial charge in [-0.25, -0.2) is 4.98 Å². The van der Waals surface area contributed by atoms with Gasteiger partial charge in [0, 0.05) is 35.2 Å². The fourth-order valence-corrected chi connectivity index (χ4v) is 4.60. The van der Waals surface area contributed by atoms with Gasteiger partial charge in [-0.2, -0.15) is 0 Å². The van der Waals surface area contributed by atoms with E-state index in [1.165, 1.54) is 5.56 Å². The predicted octanol–water partition coefficient (Wildman–Crippen LogP) is 5.58. The molecule has 0 unspecified atom stereocenters. The molecule has 0 bridgehead atoms. The van der Waals surface area contributed by atoms with Gasteiger partial charge in [0.05, 0.1) is 5.69 Å². The summed E-state index contributed by atoms with van der Waals surface area (Å²) in [6, 6.07) is 15.5. The van der Waals surface area contributed by atoms with Gasteiger partial charge >= 0.3 is 5.97 Å². The summed E-state index contributed by atoms with van der Waals surface area (Å²) in [6.45, 7) is 6.25. The van der Waals surface area contributed by atoms with Gasteiger partial charge in [0.15, 0.2) is 5.78 Å². The van der Waals surface area contributed by atoms with Gasteiger partial charge < -0.3 is 10.0 Å². The first-order chi connectivity index (χ1) is 14.7. The third-order valence-corrected chi connectivity index (χ3v) is 6.33. The summed E-state index contributed by atoms with van der Waals surface area (Å²) in [5.41, 5.74) is 4.80. The number of hydrogen-bond acceptors (Lipinski definition) is 5. The highest BCUT2D eigenvalue weighted by molar-refractivity contribution is 7.15. The van der Waals surface area contributed by atoms with Crippen molar-refractivity contribution in [1.29, 1.82) is 0 Å². The Balaban J connectivity index is 1.70. The van der Waals surface area contributed by atoms with Crippen LogP contribution in [0, 0.1) is 6.92 Å². The molecule has 0 atom stereocenters. The number of ketones is 1. The number of likely N-dealkylation sites (N-methyl/N-ethyl adjacent to an activating group) is 1. The number of nitrogens with zero attached hydrogens (tertiary/aromatic N) is 2. The Kier molecular flexibility index (Phi) is 7.23. The summed E-state index contributed by atoms with van der Waals surface area (Å²) in [5.74, 6) is -0.518. The van der Waals surface area contributed by atoms with Crippen LogP contribution < -0.4 is 4.90 Å². The van der Waals surface area contributed by atoms with E-state index < -0.39 is 5.97 Å². The number of carboxylic acids is 1. The van der Waals surface area contributed by atoms with Crippen molar-refractivity contribution >= 4 is 28.8 Å². The number of thiazole rings is 1. The molecule has 0 radical (unpaired) electrons. The van der Waals surface area contributed by atoms with E-state index in [0.29, 0.717) is 24.3 Å². The van der Waals surface area contributed by atoms with Crippen LogP contribution in [0.15, 0.2) is 48.5 Å². The lowest BCUT2D eigenvalue weighted by Gasteiger charge is -2.16. The van der Waals surface area contributed by atoms with Crippen LogP contribution in [0.4, 0.5) is 5.69 Å². The lowest BCUT2D eigenvalue weighted by atomic mass is 10.0. The monoisotopic (exact) mass is 436 g/mol. The average Bonchev–Trinajstić information content (AvgIpc) is 3.17. The highest BCUT2D eigenvalue weighted by atomic mass is 32.1. The van der Waals surface area contributed by atoms with Crippen molar-refractivity contribution in [3.05, 3.63) is 70.2 Å². The van der Waals surface area contributed by atoms with Crippen molar-refractivity contribution in [2.45, 2.75) is 39.5 Å². The predicted molar refractivity (Wildman–Crippen MR) is 126 cm³/mol. The first-order valence-corrected chi connectivity index (χ1v) is 11.2. The molecule has 0 aliphatic rings. The number of carbonyl (C=O) groups excluding carboxylic acids is 1. The number of benzene rings is 2. The van der Waals surface area contributed by atoms with Crippen LogP contribution in [0.3, 0.4) is 0 Å². The molecule has 3 aromatic rings. The molecule has 0 spiro atoms. The van der Waals surface area contributed by atoms with Gasteiger partial charge in [0.1, 0.15) is 11.6 Å². The maximum Gasteiger partial charge on any atom is 0.323 e. The van der Waals surface area contributed by atoms with Crippen molar-refractivity contribution < 1.29 is 14.7 Å². The topological polar surface area (TPSA) is 70.5 Å². The average molecular weight is 437 g/mol. The second kappa shape index (κ2) is 9.88. The minimum Gasteiger partial charge on any atom is -0.480 e. The van der Waals surface area contributed by atoms with Crippen LogP contribution >= 0.6 is 11.3 Å². The second-order valence-corrected chi connectivity index (χ2v) is 9.15. The third-order valence-electron chi connectivity index (χ3n) is 5.15. The molecule has 1 N–H and O–H groups in total. The number of aromatic nitrogens is 1. The minimum atomic E-state index is -0.891. The van der Waals surface area contributed by atoms with E-state index in [1.54, 1.807) is 47.5 Å². The minimum absolute atomic E-state index is 0.0763. The largest absolute Gasteiger partial charge is 0.480 e. The SMILES string of the molecule is Cc1ccc(-c2nc(C(C)C)c(CCC(=O)c3ccc(N(C)CC(=O)O)cc3)s2)cc1. The van der Waals surface area contributed by atoms with E-state index in [2.05, 4.69) is 45.0 Å². The van der Waals surface area contributed by atoms with E-state index in [-0.39, 0.29) is 12.3 Å². The summed E-state index contributed by atoms with van der Waals surface area (Å²) in [7, 11) is 1.72. The second-order valence-electron chi connectivity index (χ2n) is 8.07. The van der Waals surface area contributed by atoms with Crippen molar-refractivity contribution in [3.8, 4) is 10.6 Å². The number of aliphatic carboxylic acids is 1. The van der Waals surface area contributed by atoms with Crippen LogP contribution in [-0.2, 0) is 11.2 Å². The van der Waals surface area contributed by atoms with Crippen LogP contribution in [0.2, 0.25) is 0 Å². The first-order valence-electron chi connectivity index (χ1n) is 10.4. The fourth-order valence-electron chi connectivity index (χ4n) is 3.38. The Morgan fingerprint density at radius 3 is 2.29 bits per heavy atom. The van der Waals surface area contributed by atoms with Gasteiger partial charge in [-0.15, -0.1) is 11.3 Å². The van der Waals surface area contributed by atoms with E-state index in [9.17, 15) is 9.59 Å². The van der Waals surface area contributed by atoms with Gasteiger partial charge in [0.2, 0.25) is 0 Å². The number of carboxylic acid groups (broad SMARTS) is 1. The van der Waals surface area contributed by atoms with Crippen molar-refractivity contribution in [2.75, 3.05) is 18.5 Å². The lowest BCUT2D eigenvalue weighted by molar-refractivity contribution is -0.135. The van der Waals surface area contributed by atoms with E-state index in [4.69, 9.17) is 10.1 Å². The molecule has 0 fully saturated rings. The summed E-state index contributed by atoms with van der Waals surface area (Å²) in [5, 5.41) is 9.91. The number of rotatable bonds is 9. The molecule has 0 aliphatic heterocycles. The Bertz CT molecular complexity index is 1050. The number of anilines is 1. The molecule has 1 aromatic heterocycles. The van der Waals surface area contributed by atoms with E-state index in [1.807, 2.05) is 0 Å². The summed E-state index contributed by atoms with van der Waals surface area (Å²) in [4.78, 5) is 31.3. The molecular weight excluding hydrogens is 408 g/mol. The summed E-state index contributed by atoms with van der Waals surface area (Å²) < 4.78 is 0. The highest BCUT2D eigenvalue weighted by Crippen LogP contribution is 2.33. The van der Waals surface area contributed by atoms with Crippen molar-refractivity contribution in [1.82, 2.24) is 4.98 Å². The molecular formula is C25H28N2O3S. The first kappa shape index (κ1) is 22.7. The van der Waals surface area contributed by atoms with Crippen LogP contribution in [0.25, 0.3) is 10.6 Å². The van der Waals surface area contributed by atoms with Gasteiger partial charge in [-0.1, -0.05) is 43.7 Å². The zero-order chi connectivity index (χ0) is 22.5. The van der Waals surface area contributed by atoms with Crippen molar-refractivity contribution in [2.24, 2.45) is 0 Å². The molecule has 0 amide bonds. The molecule has 3 rings (SSSR count). The molecule has 162 valence electrons. The third kappa shape index (κ3) is 5.79. The highest BCUT2D eigenvalue weighted by Gasteiger charge is 2.17. The van der Waals surface area contributed by atoms with Gasteiger partial charge in [-0.3, -0.25) is 9.59 Å². The standard InChI is InChI=1S/C25H28N2O3S/c1-16(2)24-22(31-25(26-24)19-7-5-17(3)6-8-19)14-13-21(28)18-9-11-20(12-10-18)27(4)15-23(29)30/h5-12,16H,13-15H2,1-4H3,(H,29,30). The quantitative estimate of drug-likeness (QED) is 0.444.